The van der Waals surface area contributed by atoms with E-state index in [1.165, 1.54) is 0 Å². The van der Waals surface area contributed by atoms with Gasteiger partial charge in [-0.2, -0.15) is 0 Å². The molecule has 4 aromatic rings. The van der Waals surface area contributed by atoms with Crippen molar-refractivity contribution in [3.05, 3.63) is 75.9 Å². The molecule has 2 aromatic carbocycles. The van der Waals surface area contributed by atoms with Gasteiger partial charge in [-0.05, 0) is 49.9 Å². The average Bonchev–Trinajstić information content (AvgIpc) is 3.33. The third kappa shape index (κ3) is 5.45. The van der Waals surface area contributed by atoms with Gasteiger partial charge in [0.1, 0.15) is 5.75 Å². The Kier molecular flexibility index (Phi) is 7.65. The minimum atomic E-state index is -0.638. The summed E-state index contributed by atoms with van der Waals surface area (Å²) >= 11 is 6.32. The summed E-state index contributed by atoms with van der Waals surface area (Å²) in [4.78, 5) is 29.2. The summed E-state index contributed by atoms with van der Waals surface area (Å²) in [7, 11) is 3.75. The van der Waals surface area contributed by atoms with Gasteiger partial charge in [0, 0.05) is 54.7 Å². The van der Waals surface area contributed by atoms with Crippen LogP contribution in [0.3, 0.4) is 0 Å². The Morgan fingerprint density at radius 1 is 1.07 bits per heavy atom. The van der Waals surface area contributed by atoms with Crippen molar-refractivity contribution in [2.45, 2.75) is 6.92 Å². The number of anilines is 2. The van der Waals surface area contributed by atoms with E-state index in [4.69, 9.17) is 27.8 Å². The van der Waals surface area contributed by atoms with E-state index in [0.717, 1.165) is 43.0 Å². The number of benzene rings is 2. The zero-order valence-corrected chi connectivity index (χ0v) is 23.3. The third-order valence-corrected chi connectivity index (χ3v) is 7.26. The van der Waals surface area contributed by atoms with Crippen LogP contribution in [0, 0.1) is 18.8 Å². The Hall–Kier alpha value is -4.52. The van der Waals surface area contributed by atoms with Crippen LogP contribution in [0.1, 0.15) is 27.0 Å². The molecule has 0 unspecified atom stereocenters. The number of halogens is 1. The van der Waals surface area contributed by atoms with Crippen LogP contribution < -0.4 is 21.1 Å². The second-order valence-electron chi connectivity index (χ2n) is 9.67. The average molecular weight is 556 g/mol. The second kappa shape index (κ2) is 11.3. The van der Waals surface area contributed by atoms with Crippen molar-refractivity contribution in [1.29, 1.82) is 0 Å². The summed E-state index contributed by atoms with van der Waals surface area (Å²) in [6.07, 6.45) is 1.55. The van der Waals surface area contributed by atoms with E-state index >= 15 is 0 Å². The number of hydrogen-bond donors (Lipinski definition) is 3. The maximum atomic E-state index is 12.9. The number of ether oxygens (including phenoxy) is 1. The number of nitrogens with zero attached hydrogens (tertiary/aromatic N) is 4. The topological polar surface area (TPSA) is 126 Å². The lowest BCUT2D eigenvalue weighted by molar-refractivity contribution is 0.100. The highest BCUT2D eigenvalue weighted by atomic mass is 35.5. The summed E-state index contributed by atoms with van der Waals surface area (Å²) in [6, 6.07) is 13.1. The minimum Gasteiger partial charge on any atom is -0.495 e. The molecule has 1 amide bonds. The van der Waals surface area contributed by atoms with Gasteiger partial charge in [0.25, 0.3) is 5.91 Å². The van der Waals surface area contributed by atoms with Gasteiger partial charge < -0.3 is 31.0 Å². The summed E-state index contributed by atoms with van der Waals surface area (Å²) < 4.78 is 5.71. The van der Waals surface area contributed by atoms with Crippen LogP contribution in [0.25, 0.3) is 22.6 Å². The molecule has 1 fully saturated rings. The molecule has 40 heavy (non-hydrogen) atoms. The first-order valence-corrected chi connectivity index (χ1v) is 13.2. The van der Waals surface area contributed by atoms with E-state index in [-0.39, 0.29) is 11.5 Å². The molecule has 10 heteroatoms. The number of carbonyl (C=O) groups excluding carboxylic acids is 1. The van der Waals surface area contributed by atoms with Crippen LogP contribution in [0.5, 0.6) is 5.75 Å². The number of aromatic amines is 1. The van der Waals surface area contributed by atoms with Crippen LogP contribution in [-0.4, -0.2) is 66.1 Å². The molecule has 1 aliphatic rings. The summed E-state index contributed by atoms with van der Waals surface area (Å²) in [6.45, 7) is 5.80. The molecular weight excluding hydrogens is 526 g/mol. The first kappa shape index (κ1) is 27.1. The van der Waals surface area contributed by atoms with Crippen molar-refractivity contribution in [2.24, 2.45) is 5.73 Å². The molecule has 0 aliphatic carbocycles. The van der Waals surface area contributed by atoms with Gasteiger partial charge in [0.2, 0.25) is 5.95 Å². The van der Waals surface area contributed by atoms with E-state index in [0.29, 0.717) is 39.0 Å². The number of likely N-dealkylation sites (N-methyl/N-ethyl adjacent to an activating group) is 1. The normalized spacial score (nSPS) is 13.6. The number of aromatic nitrogens is 3. The van der Waals surface area contributed by atoms with Crippen molar-refractivity contribution in [2.75, 3.05) is 51.0 Å². The van der Waals surface area contributed by atoms with Crippen LogP contribution in [-0.2, 0) is 0 Å². The quantitative estimate of drug-likeness (QED) is 0.318. The Bertz CT molecular complexity index is 1650. The lowest BCUT2D eigenvalue weighted by atomic mass is 9.99. The Balaban J connectivity index is 1.65. The molecule has 0 spiro atoms. The van der Waals surface area contributed by atoms with Crippen molar-refractivity contribution in [3.8, 4) is 40.2 Å². The minimum absolute atomic E-state index is 0.0910. The molecule has 0 bridgehead atoms. The highest BCUT2D eigenvalue weighted by Gasteiger charge is 2.25. The molecule has 2 aromatic heterocycles. The number of hydrogen-bond acceptors (Lipinski definition) is 7. The Morgan fingerprint density at radius 3 is 2.55 bits per heavy atom. The molecule has 0 radical (unpaired) electrons. The smallest absolute Gasteiger partial charge is 0.252 e. The fraction of sp³-hybridized carbons (Fsp3) is 0.233. The van der Waals surface area contributed by atoms with Crippen molar-refractivity contribution >= 4 is 29.1 Å². The predicted octanol–water partition coefficient (Wildman–Crippen LogP) is 3.94. The number of nitrogens with two attached hydrogens (primary N) is 2. The molecule has 0 saturated carbocycles. The van der Waals surface area contributed by atoms with Gasteiger partial charge in [-0.15, -0.1) is 0 Å². The maximum absolute atomic E-state index is 12.9. The van der Waals surface area contributed by atoms with Gasteiger partial charge in [0.15, 0.2) is 0 Å². The second-order valence-corrected chi connectivity index (χ2v) is 10.1. The number of methoxy groups -OCH3 is 1. The maximum Gasteiger partial charge on any atom is 0.252 e. The van der Waals surface area contributed by atoms with Gasteiger partial charge in [-0.25, -0.2) is 9.97 Å². The number of nitrogens with one attached hydrogen (secondary N) is 1. The Morgan fingerprint density at radius 2 is 1.85 bits per heavy atom. The fourth-order valence-electron chi connectivity index (χ4n) is 4.82. The molecule has 1 aliphatic heterocycles. The highest BCUT2D eigenvalue weighted by Crippen LogP contribution is 2.36. The summed E-state index contributed by atoms with van der Waals surface area (Å²) in [5.41, 5.74) is 17.3. The standard InChI is InChI=1S/C30H30ClN7O2/c1-18-4-7-20(31)16-23(18)28-26(29(32)39)22(27(36-28)24-10-11-34-30(33)35-24)9-6-19-5-8-21(17-25(19)40-3)38-14-12-37(2)13-15-38/h4-5,7-8,10-11,16-17,36H,12-15H2,1-3H3,(H2,32,39)(H2,33,34,35). The number of primary amides is 1. The summed E-state index contributed by atoms with van der Waals surface area (Å²) in [5, 5.41) is 0.524. The van der Waals surface area contributed by atoms with Crippen LogP contribution in [0.4, 0.5) is 11.6 Å². The van der Waals surface area contributed by atoms with E-state index in [1.54, 1.807) is 31.5 Å². The van der Waals surface area contributed by atoms with E-state index in [1.807, 2.05) is 31.2 Å². The monoisotopic (exact) mass is 555 g/mol. The molecule has 9 nitrogen and oxygen atoms in total. The molecule has 5 N–H and O–H groups in total. The van der Waals surface area contributed by atoms with Crippen molar-refractivity contribution in [1.82, 2.24) is 19.9 Å². The van der Waals surface area contributed by atoms with E-state index < -0.39 is 5.91 Å². The number of aryl methyl sites for hydroxylation is 1. The van der Waals surface area contributed by atoms with Gasteiger partial charge in [0.05, 0.1) is 40.9 Å². The van der Waals surface area contributed by atoms with Gasteiger partial charge in [-0.1, -0.05) is 29.5 Å². The van der Waals surface area contributed by atoms with Crippen LogP contribution in [0.15, 0.2) is 48.7 Å². The molecular formula is C30H30ClN7O2. The number of nitrogen functional groups attached to an aromatic ring is 1. The number of rotatable bonds is 5. The summed E-state index contributed by atoms with van der Waals surface area (Å²) in [5.74, 6) is 6.47. The van der Waals surface area contributed by atoms with E-state index in [2.05, 4.69) is 43.6 Å². The zero-order valence-electron chi connectivity index (χ0n) is 22.6. The van der Waals surface area contributed by atoms with Gasteiger partial charge >= 0.3 is 0 Å². The van der Waals surface area contributed by atoms with Crippen molar-refractivity contribution in [3.63, 3.8) is 0 Å². The molecule has 5 rings (SSSR count). The molecule has 1 saturated heterocycles. The van der Waals surface area contributed by atoms with Crippen LogP contribution in [0.2, 0.25) is 5.02 Å². The van der Waals surface area contributed by atoms with Gasteiger partial charge in [-0.3, -0.25) is 4.79 Å². The molecule has 204 valence electrons. The number of amides is 1. The first-order valence-electron chi connectivity index (χ1n) is 12.8. The lowest BCUT2D eigenvalue weighted by Gasteiger charge is -2.34. The molecule has 3 heterocycles. The predicted molar refractivity (Wildman–Crippen MR) is 159 cm³/mol. The zero-order chi connectivity index (χ0) is 28.4. The Labute approximate surface area is 238 Å². The highest BCUT2D eigenvalue weighted by molar-refractivity contribution is 6.31. The fourth-order valence-corrected chi connectivity index (χ4v) is 4.99. The lowest BCUT2D eigenvalue weighted by Crippen LogP contribution is -2.44. The SMILES string of the molecule is COc1cc(N2CCN(C)CC2)ccc1C#Cc1c(-c2ccnc(N)n2)[nH]c(-c2cc(Cl)ccc2C)c1C(N)=O. The number of carbonyl (C=O) groups is 1. The third-order valence-electron chi connectivity index (χ3n) is 7.02. The number of piperazine rings is 1. The van der Waals surface area contributed by atoms with E-state index in [9.17, 15) is 4.79 Å². The largest absolute Gasteiger partial charge is 0.495 e. The molecule has 0 atom stereocenters. The van der Waals surface area contributed by atoms with Crippen molar-refractivity contribution < 1.29 is 9.53 Å². The van der Waals surface area contributed by atoms with Crippen LogP contribution >= 0.6 is 11.6 Å². The number of H-pyrrole nitrogens is 1. The first-order chi connectivity index (χ1) is 19.2.